The highest BCUT2D eigenvalue weighted by atomic mass is 19.1. The molecule has 1 amide bonds. The Labute approximate surface area is 164 Å². The number of aryl methyl sites for hydroxylation is 2. The second-order valence-corrected chi connectivity index (χ2v) is 7.19. The van der Waals surface area contributed by atoms with E-state index in [1.807, 2.05) is 19.9 Å². The quantitative estimate of drug-likeness (QED) is 0.570. The van der Waals surface area contributed by atoms with Crippen molar-refractivity contribution in [1.82, 2.24) is 0 Å². The van der Waals surface area contributed by atoms with Crippen molar-refractivity contribution in [2.75, 3.05) is 5.32 Å². The highest BCUT2D eigenvalue weighted by Crippen LogP contribution is 2.28. The van der Waals surface area contributed by atoms with Crippen molar-refractivity contribution < 1.29 is 18.3 Å². The molecule has 0 unspecified atom stereocenters. The lowest BCUT2D eigenvalue weighted by Crippen LogP contribution is -2.12. The van der Waals surface area contributed by atoms with E-state index in [2.05, 4.69) is 31.3 Å². The molecule has 2 aromatic carbocycles. The van der Waals surface area contributed by atoms with E-state index in [4.69, 9.17) is 9.15 Å². The summed E-state index contributed by atoms with van der Waals surface area (Å²) < 4.78 is 25.3. The summed E-state index contributed by atoms with van der Waals surface area (Å²) >= 11 is 0. The molecule has 0 fully saturated rings. The van der Waals surface area contributed by atoms with Crippen LogP contribution in [0.5, 0.6) is 5.75 Å². The van der Waals surface area contributed by atoms with E-state index in [-0.39, 0.29) is 18.1 Å². The average Bonchev–Trinajstić information content (AvgIpc) is 3.12. The van der Waals surface area contributed by atoms with Gasteiger partial charge >= 0.3 is 0 Å². The summed E-state index contributed by atoms with van der Waals surface area (Å²) in [6.45, 7) is 8.26. The zero-order chi connectivity index (χ0) is 20.3. The first-order valence-corrected chi connectivity index (χ1v) is 9.23. The van der Waals surface area contributed by atoms with Gasteiger partial charge in [-0.1, -0.05) is 32.0 Å². The van der Waals surface area contributed by atoms with E-state index in [9.17, 15) is 9.18 Å². The fourth-order valence-corrected chi connectivity index (χ4v) is 2.89. The molecule has 0 saturated carbocycles. The number of benzene rings is 2. The predicted molar refractivity (Wildman–Crippen MR) is 107 cm³/mol. The fraction of sp³-hybridized carbons (Fsp3) is 0.261. The van der Waals surface area contributed by atoms with Crippen molar-refractivity contribution in [3.05, 3.63) is 82.6 Å². The largest absolute Gasteiger partial charge is 0.485 e. The van der Waals surface area contributed by atoms with Gasteiger partial charge in [-0.05, 0) is 66.8 Å². The van der Waals surface area contributed by atoms with Crippen LogP contribution >= 0.6 is 0 Å². The van der Waals surface area contributed by atoms with Crippen molar-refractivity contribution in [1.29, 1.82) is 0 Å². The summed E-state index contributed by atoms with van der Waals surface area (Å²) in [6.07, 6.45) is 0. The van der Waals surface area contributed by atoms with Gasteiger partial charge in [0.2, 0.25) is 0 Å². The molecule has 1 heterocycles. The van der Waals surface area contributed by atoms with Gasteiger partial charge in [0.25, 0.3) is 5.91 Å². The van der Waals surface area contributed by atoms with Gasteiger partial charge in [0.15, 0.2) is 5.76 Å². The first kappa shape index (κ1) is 19.7. The van der Waals surface area contributed by atoms with Gasteiger partial charge < -0.3 is 14.5 Å². The molecule has 0 atom stereocenters. The van der Waals surface area contributed by atoms with Gasteiger partial charge in [0.05, 0.1) is 5.69 Å². The van der Waals surface area contributed by atoms with E-state index >= 15 is 0 Å². The van der Waals surface area contributed by atoms with E-state index in [0.717, 1.165) is 22.4 Å². The van der Waals surface area contributed by atoms with E-state index in [1.165, 1.54) is 6.07 Å². The number of furan rings is 1. The molecule has 0 aliphatic heterocycles. The normalized spacial score (nSPS) is 10.9. The van der Waals surface area contributed by atoms with E-state index < -0.39 is 11.7 Å². The van der Waals surface area contributed by atoms with Gasteiger partial charge in [0.1, 0.15) is 23.9 Å². The number of anilines is 1. The first-order valence-electron chi connectivity index (χ1n) is 9.23. The Kier molecular flexibility index (Phi) is 5.83. The Bertz CT molecular complexity index is 991. The molecule has 5 heteroatoms. The highest BCUT2D eigenvalue weighted by molar-refractivity contribution is 6.02. The Balaban J connectivity index is 1.68. The minimum absolute atomic E-state index is 0.104. The number of rotatable bonds is 6. The lowest BCUT2D eigenvalue weighted by molar-refractivity contribution is 0.0992. The maximum absolute atomic E-state index is 13.8. The summed E-state index contributed by atoms with van der Waals surface area (Å²) in [5, 5.41) is 2.54. The SMILES string of the molecule is Cc1ccc(F)c(NC(=O)c2ccc(COc3cc(C)ccc3C(C)C)o2)c1. The molecule has 1 N–H and O–H groups in total. The van der Waals surface area contributed by atoms with Crippen molar-refractivity contribution in [2.24, 2.45) is 0 Å². The Morgan fingerprint density at radius 2 is 1.79 bits per heavy atom. The number of carbonyl (C=O) groups is 1. The Morgan fingerprint density at radius 3 is 2.54 bits per heavy atom. The zero-order valence-electron chi connectivity index (χ0n) is 16.5. The lowest BCUT2D eigenvalue weighted by Gasteiger charge is -2.14. The third-order valence-electron chi connectivity index (χ3n) is 4.42. The molecule has 4 nitrogen and oxygen atoms in total. The summed E-state index contributed by atoms with van der Waals surface area (Å²) in [5.74, 6) is 0.764. The Morgan fingerprint density at radius 1 is 1.07 bits per heavy atom. The lowest BCUT2D eigenvalue weighted by atomic mass is 10.0. The summed E-state index contributed by atoms with van der Waals surface area (Å²) in [5.41, 5.74) is 3.20. The summed E-state index contributed by atoms with van der Waals surface area (Å²) in [7, 11) is 0. The topological polar surface area (TPSA) is 51.5 Å². The van der Waals surface area contributed by atoms with Gasteiger partial charge in [-0.15, -0.1) is 0 Å². The molecule has 0 aliphatic rings. The van der Waals surface area contributed by atoms with Crippen LogP contribution in [0.15, 0.2) is 52.9 Å². The molecular weight excluding hydrogens is 357 g/mol. The maximum Gasteiger partial charge on any atom is 0.291 e. The minimum Gasteiger partial charge on any atom is -0.485 e. The molecule has 0 bridgehead atoms. The van der Waals surface area contributed by atoms with Crippen LogP contribution < -0.4 is 10.1 Å². The smallest absolute Gasteiger partial charge is 0.291 e. The van der Waals surface area contributed by atoms with Crippen LogP contribution in [-0.4, -0.2) is 5.91 Å². The van der Waals surface area contributed by atoms with Crippen LogP contribution in [0.4, 0.5) is 10.1 Å². The zero-order valence-corrected chi connectivity index (χ0v) is 16.5. The van der Waals surface area contributed by atoms with Crippen LogP contribution in [0, 0.1) is 19.7 Å². The summed E-state index contributed by atoms with van der Waals surface area (Å²) in [4.78, 5) is 12.3. The van der Waals surface area contributed by atoms with Gasteiger partial charge in [-0.3, -0.25) is 4.79 Å². The third-order valence-corrected chi connectivity index (χ3v) is 4.42. The van der Waals surface area contributed by atoms with E-state index in [1.54, 1.807) is 24.3 Å². The van der Waals surface area contributed by atoms with Gasteiger partial charge in [-0.2, -0.15) is 0 Å². The number of ether oxygens (including phenoxy) is 1. The van der Waals surface area contributed by atoms with Crippen LogP contribution in [0.3, 0.4) is 0 Å². The number of hydrogen-bond donors (Lipinski definition) is 1. The van der Waals surface area contributed by atoms with Crippen molar-refractivity contribution in [3.63, 3.8) is 0 Å². The van der Waals surface area contributed by atoms with Crippen LogP contribution in [0.2, 0.25) is 0 Å². The molecule has 0 radical (unpaired) electrons. The predicted octanol–water partition coefficient (Wildman–Crippen LogP) is 5.99. The standard InChI is InChI=1S/C23H24FNO3/c1-14(2)18-8-5-16(4)12-22(18)27-13-17-7-10-21(28-17)23(26)25-20-11-15(3)6-9-19(20)24/h5-12,14H,13H2,1-4H3,(H,25,26). The molecule has 0 saturated heterocycles. The fourth-order valence-electron chi connectivity index (χ4n) is 2.89. The molecule has 0 spiro atoms. The van der Waals surface area contributed by atoms with Crippen LogP contribution in [0.25, 0.3) is 0 Å². The molecule has 28 heavy (non-hydrogen) atoms. The number of nitrogens with one attached hydrogen (secondary N) is 1. The second-order valence-electron chi connectivity index (χ2n) is 7.19. The number of hydrogen-bond acceptors (Lipinski definition) is 3. The van der Waals surface area contributed by atoms with Crippen LogP contribution in [0.1, 0.15) is 52.8 Å². The van der Waals surface area contributed by atoms with E-state index in [0.29, 0.717) is 11.7 Å². The number of halogens is 1. The molecule has 1 aromatic heterocycles. The van der Waals surface area contributed by atoms with Crippen molar-refractivity contribution in [2.45, 2.75) is 40.2 Å². The average molecular weight is 381 g/mol. The minimum atomic E-state index is -0.505. The monoisotopic (exact) mass is 381 g/mol. The van der Waals surface area contributed by atoms with Crippen molar-refractivity contribution >= 4 is 11.6 Å². The van der Waals surface area contributed by atoms with Crippen LogP contribution in [-0.2, 0) is 6.61 Å². The van der Waals surface area contributed by atoms with Crippen molar-refractivity contribution in [3.8, 4) is 5.75 Å². The third kappa shape index (κ3) is 4.60. The number of carbonyl (C=O) groups excluding carboxylic acids is 1. The summed E-state index contributed by atoms with van der Waals surface area (Å²) in [6, 6.07) is 13.9. The molecule has 0 aliphatic carbocycles. The Hall–Kier alpha value is -3.08. The molecule has 146 valence electrons. The van der Waals surface area contributed by atoms with Gasteiger partial charge in [0, 0.05) is 0 Å². The first-order chi connectivity index (χ1) is 13.3. The number of amides is 1. The second kappa shape index (κ2) is 8.30. The highest BCUT2D eigenvalue weighted by Gasteiger charge is 2.15. The molecule has 3 rings (SSSR count). The molecule has 3 aromatic rings. The van der Waals surface area contributed by atoms with Gasteiger partial charge in [-0.25, -0.2) is 4.39 Å². The molecular formula is C23H24FNO3. The maximum atomic E-state index is 13.8.